The summed E-state index contributed by atoms with van der Waals surface area (Å²) in [6.45, 7) is 5.68. The van der Waals surface area contributed by atoms with Crippen molar-refractivity contribution in [2.24, 2.45) is 0 Å². The average molecular weight is 453 g/mol. The van der Waals surface area contributed by atoms with Crippen LogP contribution >= 0.6 is 0 Å². The number of carbonyl (C=O) groups excluding carboxylic acids is 1. The number of hydrogen-bond donors (Lipinski definition) is 0. The predicted octanol–water partition coefficient (Wildman–Crippen LogP) is 4.60. The largest absolute Gasteiger partial charge is 0.493 e. The first kappa shape index (κ1) is 24.3. The third kappa shape index (κ3) is 6.58. The molecule has 2 aromatic carbocycles. The van der Waals surface area contributed by atoms with Crippen LogP contribution in [0.4, 0.5) is 0 Å². The number of amides is 1. The van der Waals surface area contributed by atoms with Crippen LogP contribution in [0.2, 0.25) is 0 Å². The maximum absolute atomic E-state index is 13.3. The third-order valence-corrected chi connectivity index (χ3v) is 5.55. The maximum Gasteiger partial charge on any atom is 0.254 e. The molecule has 0 N–H and O–H groups in total. The molecule has 0 atom stereocenters. The van der Waals surface area contributed by atoms with E-state index in [1.54, 1.807) is 32.4 Å². The van der Waals surface area contributed by atoms with Crippen molar-refractivity contribution in [2.75, 3.05) is 33.9 Å². The smallest absolute Gasteiger partial charge is 0.254 e. The molecule has 0 fully saturated rings. The first-order chi connectivity index (χ1) is 16.0. The van der Waals surface area contributed by atoms with Crippen LogP contribution in [-0.4, -0.2) is 49.9 Å². The average Bonchev–Trinajstić information content (AvgIpc) is 3.17. The molecule has 0 aliphatic carbocycles. The van der Waals surface area contributed by atoms with E-state index in [1.807, 2.05) is 36.9 Å². The molecule has 0 saturated carbocycles. The lowest BCUT2D eigenvalue weighted by molar-refractivity contribution is 0.0693. The Morgan fingerprint density at radius 1 is 1.03 bits per heavy atom. The summed E-state index contributed by atoms with van der Waals surface area (Å²) in [5.74, 6) is 1.73. The zero-order valence-corrected chi connectivity index (χ0v) is 19.8. The molecule has 0 bridgehead atoms. The minimum absolute atomic E-state index is 0.0596. The summed E-state index contributed by atoms with van der Waals surface area (Å²) in [4.78, 5) is 15.1. The molecule has 0 radical (unpaired) electrons. The van der Waals surface area contributed by atoms with E-state index < -0.39 is 0 Å². The van der Waals surface area contributed by atoms with Crippen LogP contribution < -0.4 is 9.47 Å². The van der Waals surface area contributed by atoms with Gasteiger partial charge >= 0.3 is 0 Å². The fraction of sp³-hybridized carbons (Fsp3) is 0.385. The Kier molecular flexibility index (Phi) is 8.89. The van der Waals surface area contributed by atoms with Crippen molar-refractivity contribution >= 4 is 5.91 Å². The highest BCUT2D eigenvalue weighted by molar-refractivity contribution is 5.95. The number of methoxy groups -OCH3 is 2. The lowest BCUT2D eigenvalue weighted by Gasteiger charge is -2.23. The third-order valence-electron chi connectivity index (χ3n) is 5.55. The second kappa shape index (κ2) is 12.1. The molecule has 33 heavy (non-hydrogen) atoms. The molecule has 3 rings (SSSR count). The molecular formula is C26H32N2O5. The zero-order valence-electron chi connectivity index (χ0n) is 19.8. The second-order valence-corrected chi connectivity index (χ2v) is 7.83. The molecule has 0 unspecified atom stereocenters. The molecule has 1 heterocycles. The normalized spacial score (nSPS) is 10.8. The molecule has 0 spiro atoms. The fourth-order valence-electron chi connectivity index (χ4n) is 3.60. The van der Waals surface area contributed by atoms with Crippen molar-refractivity contribution in [2.45, 2.75) is 33.3 Å². The Labute approximate surface area is 195 Å². The van der Waals surface area contributed by atoms with Gasteiger partial charge in [0.2, 0.25) is 0 Å². The summed E-state index contributed by atoms with van der Waals surface area (Å²) in [6.07, 6.45) is 1.78. The van der Waals surface area contributed by atoms with Crippen molar-refractivity contribution in [3.05, 3.63) is 76.7 Å². The van der Waals surface area contributed by atoms with E-state index in [-0.39, 0.29) is 5.91 Å². The number of hydrogen-bond acceptors (Lipinski definition) is 6. The number of carbonyl (C=O) groups is 1. The summed E-state index contributed by atoms with van der Waals surface area (Å²) in [5, 5.41) is 3.95. The molecule has 7 nitrogen and oxygen atoms in total. The topological polar surface area (TPSA) is 74.0 Å². The monoisotopic (exact) mass is 452 g/mol. The molecule has 176 valence electrons. The highest BCUT2D eigenvalue weighted by Crippen LogP contribution is 2.30. The van der Waals surface area contributed by atoms with Crippen molar-refractivity contribution in [1.29, 1.82) is 0 Å². The number of nitrogens with zero attached hydrogens (tertiary/aromatic N) is 2. The quantitative estimate of drug-likeness (QED) is 0.400. The van der Waals surface area contributed by atoms with Crippen molar-refractivity contribution in [3.8, 4) is 11.5 Å². The summed E-state index contributed by atoms with van der Waals surface area (Å²) in [7, 11) is 3.20. The minimum Gasteiger partial charge on any atom is -0.493 e. The molecule has 1 amide bonds. The van der Waals surface area contributed by atoms with Gasteiger partial charge in [0.15, 0.2) is 11.5 Å². The van der Waals surface area contributed by atoms with Crippen LogP contribution in [-0.2, 0) is 17.8 Å². The van der Waals surface area contributed by atoms with Crippen molar-refractivity contribution < 1.29 is 23.5 Å². The summed E-state index contributed by atoms with van der Waals surface area (Å²) < 4.78 is 21.9. The van der Waals surface area contributed by atoms with E-state index in [1.165, 1.54) is 5.56 Å². The van der Waals surface area contributed by atoms with Gasteiger partial charge in [-0.3, -0.25) is 4.79 Å². The van der Waals surface area contributed by atoms with Gasteiger partial charge in [0.25, 0.3) is 5.91 Å². The van der Waals surface area contributed by atoms with Crippen LogP contribution in [0.15, 0.2) is 53.1 Å². The highest BCUT2D eigenvalue weighted by Gasteiger charge is 2.18. The standard InChI is InChI=1S/C26H32N2O5/c1-19-23(20(2)33-27-19)18-32-24-13-12-22(17-25(24)31-4)26(29)28(15-16-30-3)14-8-11-21-9-6-5-7-10-21/h5-7,9-10,12-13,17H,8,11,14-16,18H2,1-4H3. The molecule has 1 aromatic heterocycles. The first-order valence-electron chi connectivity index (χ1n) is 11.1. The molecule has 0 aliphatic rings. The van der Waals surface area contributed by atoms with Gasteiger partial charge in [-0.05, 0) is 50.5 Å². The lowest BCUT2D eigenvalue weighted by atomic mass is 10.1. The van der Waals surface area contributed by atoms with E-state index in [0.717, 1.165) is 29.9 Å². The van der Waals surface area contributed by atoms with Crippen molar-refractivity contribution in [3.63, 3.8) is 0 Å². The SMILES string of the molecule is COCCN(CCCc1ccccc1)C(=O)c1ccc(OCc2c(C)noc2C)c(OC)c1. The Morgan fingerprint density at radius 2 is 1.82 bits per heavy atom. The number of rotatable bonds is 12. The first-order valence-corrected chi connectivity index (χ1v) is 11.1. The van der Waals surface area contributed by atoms with Crippen molar-refractivity contribution in [1.82, 2.24) is 10.1 Å². The van der Waals surface area contributed by atoms with Gasteiger partial charge in [-0.1, -0.05) is 35.5 Å². The summed E-state index contributed by atoms with van der Waals surface area (Å²) in [6, 6.07) is 15.5. The molecule has 0 aliphatic heterocycles. The van der Waals surface area contributed by atoms with Gasteiger partial charge in [-0.2, -0.15) is 0 Å². The molecule has 0 saturated heterocycles. The second-order valence-electron chi connectivity index (χ2n) is 7.83. The van der Waals surface area contributed by atoms with Gasteiger partial charge in [-0.15, -0.1) is 0 Å². The number of ether oxygens (including phenoxy) is 3. The Bertz CT molecular complexity index is 1010. The van der Waals surface area contributed by atoms with Gasteiger partial charge < -0.3 is 23.6 Å². The van der Waals surface area contributed by atoms with Crippen LogP contribution in [0.5, 0.6) is 11.5 Å². The van der Waals surface area contributed by atoms with Crippen LogP contribution in [0.25, 0.3) is 0 Å². The van der Waals surface area contributed by atoms with Gasteiger partial charge in [0.05, 0.1) is 25.0 Å². The van der Waals surface area contributed by atoms with E-state index in [9.17, 15) is 4.79 Å². The van der Waals surface area contributed by atoms with Gasteiger partial charge in [0.1, 0.15) is 12.4 Å². The van der Waals surface area contributed by atoms with Gasteiger partial charge in [0, 0.05) is 25.8 Å². The maximum atomic E-state index is 13.3. The molecule has 3 aromatic rings. The van der Waals surface area contributed by atoms with E-state index in [0.29, 0.717) is 43.4 Å². The van der Waals surface area contributed by atoms with Gasteiger partial charge in [-0.25, -0.2) is 0 Å². The van der Waals surface area contributed by atoms with E-state index in [4.69, 9.17) is 18.7 Å². The Hall–Kier alpha value is -3.32. The predicted molar refractivity (Wildman–Crippen MR) is 126 cm³/mol. The van der Waals surface area contributed by atoms with Crippen LogP contribution in [0, 0.1) is 13.8 Å². The fourth-order valence-corrected chi connectivity index (χ4v) is 3.60. The molecule has 7 heteroatoms. The Balaban J connectivity index is 1.68. The number of aromatic nitrogens is 1. The summed E-state index contributed by atoms with van der Waals surface area (Å²) >= 11 is 0. The van der Waals surface area contributed by atoms with Crippen LogP contribution in [0.3, 0.4) is 0 Å². The molecular weight excluding hydrogens is 420 g/mol. The lowest BCUT2D eigenvalue weighted by Crippen LogP contribution is -2.35. The number of aryl methyl sites for hydroxylation is 3. The van der Waals surface area contributed by atoms with E-state index in [2.05, 4.69) is 17.3 Å². The Morgan fingerprint density at radius 3 is 2.48 bits per heavy atom. The highest BCUT2D eigenvalue weighted by atomic mass is 16.5. The number of benzene rings is 2. The zero-order chi connectivity index (χ0) is 23.6. The summed E-state index contributed by atoms with van der Waals surface area (Å²) in [5.41, 5.74) is 3.51. The minimum atomic E-state index is -0.0596. The van der Waals surface area contributed by atoms with E-state index >= 15 is 0 Å². The van der Waals surface area contributed by atoms with Crippen LogP contribution in [0.1, 0.15) is 39.4 Å².